The summed E-state index contributed by atoms with van der Waals surface area (Å²) in [6.45, 7) is 13.8. The molecule has 4 heterocycles. The molecular weight excluding hydrogens is 613 g/mol. The number of hydrogen-bond donors (Lipinski definition) is 1. The highest BCUT2D eigenvalue weighted by Gasteiger charge is 2.51. The van der Waals surface area contributed by atoms with Crippen molar-refractivity contribution in [1.82, 2.24) is 19.7 Å². The second-order valence-electron chi connectivity index (χ2n) is 14.3. The Hall–Kier alpha value is -2.89. The molecule has 1 aromatic heterocycles. The molecule has 3 aliphatic heterocycles. The van der Waals surface area contributed by atoms with Crippen molar-refractivity contribution in [3.05, 3.63) is 29.1 Å². The topological polar surface area (TPSA) is 103 Å². The van der Waals surface area contributed by atoms with E-state index in [-0.39, 0.29) is 23.1 Å². The number of ether oxygens (including phenoxy) is 1. The van der Waals surface area contributed by atoms with Crippen molar-refractivity contribution in [2.24, 2.45) is 11.8 Å². The number of carboxylic acid groups (broad SMARTS) is 1. The number of carbonyl (C=O) groups is 3. The van der Waals surface area contributed by atoms with Crippen molar-refractivity contribution in [2.45, 2.75) is 122 Å². The molecule has 4 aliphatic rings. The maximum absolute atomic E-state index is 13.4. The van der Waals surface area contributed by atoms with E-state index >= 15 is 0 Å². The van der Waals surface area contributed by atoms with Crippen molar-refractivity contribution in [1.29, 1.82) is 0 Å². The molecular formula is C35H53F3N4O5. The van der Waals surface area contributed by atoms with E-state index in [0.29, 0.717) is 11.8 Å². The number of rotatable bonds is 7. The molecule has 9 nitrogen and oxygen atoms in total. The summed E-state index contributed by atoms with van der Waals surface area (Å²) in [6.07, 6.45) is 10.4. The van der Waals surface area contributed by atoms with Crippen molar-refractivity contribution >= 4 is 18.0 Å². The molecule has 1 unspecified atom stereocenters. The number of aryl methyl sites for hydroxylation is 2. The van der Waals surface area contributed by atoms with E-state index in [2.05, 4.69) is 28.6 Å². The normalized spacial score (nSPS) is 23.6. The molecule has 1 N–H and O–H groups in total. The standard InChI is InChI=1S/C33H52N4O3.C2HF3O2/c1-5-6-12-28-24-36(23-27-10-8-7-9-11-27)31(39)40-33(28)16-21-37(22-17-33)32(4)14-19-35(20-15-32)30(38)29-25(2)13-18-34-26(29)3;3-2(4,5)1(6)7/h13,18,27-28H,5-12,14-17,19-24H2,1-4H3;(H,6,7). The Kier molecular flexibility index (Phi) is 12.2. The summed E-state index contributed by atoms with van der Waals surface area (Å²) < 4.78 is 38.2. The zero-order valence-corrected chi connectivity index (χ0v) is 28.5. The Bertz CT molecular complexity index is 1220. The third-order valence-corrected chi connectivity index (χ3v) is 11.1. The van der Waals surface area contributed by atoms with Crippen molar-refractivity contribution < 1.29 is 37.4 Å². The highest BCUT2D eigenvalue weighted by Crippen LogP contribution is 2.44. The Labute approximate surface area is 277 Å². The summed E-state index contributed by atoms with van der Waals surface area (Å²) in [6, 6.07) is 1.93. The fraction of sp³-hybridized carbons (Fsp3) is 0.771. The van der Waals surface area contributed by atoms with E-state index in [4.69, 9.17) is 14.6 Å². The number of amides is 2. The highest BCUT2D eigenvalue weighted by atomic mass is 19.4. The molecule has 47 heavy (non-hydrogen) atoms. The van der Waals surface area contributed by atoms with Crippen LogP contribution in [0.2, 0.25) is 0 Å². The Morgan fingerprint density at radius 1 is 1.04 bits per heavy atom. The minimum atomic E-state index is -5.08. The van der Waals surface area contributed by atoms with Crippen LogP contribution in [0.4, 0.5) is 18.0 Å². The van der Waals surface area contributed by atoms with Gasteiger partial charge in [-0.2, -0.15) is 13.2 Å². The summed E-state index contributed by atoms with van der Waals surface area (Å²) in [5, 5.41) is 7.12. The number of carboxylic acids is 1. The quantitative estimate of drug-likeness (QED) is 0.334. The van der Waals surface area contributed by atoms with Gasteiger partial charge in [0.05, 0.1) is 11.3 Å². The smallest absolute Gasteiger partial charge is 0.475 e. The number of aliphatic carboxylic acids is 1. The number of unbranched alkanes of at least 4 members (excludes halogenated alkanes) is 1. The van der Waals surface area contributed by atoms with E-state index in [1.165, 1.54) is 44.9 Å². The summed E-state index contributed by atoms with van der Waals surface area (Å²) >= 11 is 0. The summed E-state index contributed by atoms with van der Waals surface area (Å²) in [5.74, 6) is -1.57. The van der Waals surface area contributed by atoms with Crippen LogP contribution in [0, 0.1) is 25.7 Å². The molecule has 0 radical (unpaired) electrons. The van der Waals surface area contributed by atoms with Gasteiger partial charge in [-0.15, -0.1) is 0 Å². The first kappa shape index (κ1) is 36.9. The van der Waals surface area contributed by atoms with Gasteiger partial charge >= 0.3 is 18.2 Å². The number of hydrogen-bond acceptors (Lipinski definition) is 6. The molecule has 264 valence electrons. The molecule has 12 heteroatoms. The third kappa shape index (κ3) is 8.97. The number of halogens is 3. The van der Waals surface area contributed by atoms with E-state index in [1.807, 2.05) is 24.8 Å². The van der Waals surface area contributed by atoms with Crippen LogP contribution in [0.15, 0.2) is 12.3 Å². The molecule has 0 bridgehead atoms. The van der Waals surface area contributed by atoms with Gasteiger partial charge in [0.2, 0.25) is 0 Å². The molecule has 0 aromatic carbocycles. The lowest BCUT2D eigenvalue weighted by Crippen LogP contribution is -2.63. The molecule has 2 amide bonds. The Morgan fingerprint density at radius 2 is 1.66 bits per heavy atom. The van der Waals surface area contributed by atoms with Gasteiger partial charge in [0.25, 0.3) is 5.91 Å². The molecule has 3 saturated heterocycles. The lowest BCUT2D eigenvalue weighted by Gasteiger charge is -2.55. The van der Waals surface area contributed by atoms with Crippen molar-refractivity contribution in [3.63, 3.8) is 0 Å². The zero-order valence-electron chi connectivity index (χ0n) is 28.5. The number of nitrogens with zero attached hydrogens (tertiary/aromatic N) is 4. The first-order valence-corrected chi connectivity index (χ1v) is 17.4. The van der Waals surface area contributed by atoms with Gasteiger partial charge in [-0.1, -0.05) is 39.0 Å². The fourth-order valence-corrected chi connectivity index (χ4v) is 8.08. The van der Waals surface area contributed by atoms with Crippen LogP contribution < -0.4 is 0 Å². The number of likely N-dealkylation sites (tertiary alicyclic amines) is 2. The van der Waals surface area contributed by atoms with Crippen LogP contribution >= 0.6 is 0 Å². The lowest BCUT2D eigenvalue weighted by molar-refractivity contribution is -0.192. The summed E-state index contributed by atoms with van der Waals surface area (Å²) in [4.78, 5) is 46.7. The number of pyridine rings is 1. The summed E-state index contributed by atoms with van der Waals surface area (Å²) in [5.41, 5.74) is 2.34. The molecule has 1 aromatic rings. The number of aromatic nitrogens is 1. The van der Waals surface area contributed by atoms with Gasteiger partial charge in [-0.25, -0.2) is 9.59 Å². The second-order valence-corrected chi connectivity index (χ2v) is 14.3. The van der Waals surface area contributed by atoms with E-state index in [0.717, 1.165) is 88.2 Å². The summed E-state index contributed by atoms with van der Waals surface area (Å²) in [7, 11) is 0. The number of carbonyl (C=O) groups excluding carboxylic acids is 2. The van der Waals surface area contributed by atoms with Crippen LogP contribution in [-0.2, 0) is 9.53 Å². The monoisotopic (exact) mass is 666 g/mol. The largest absolute Gasteiger partial charge is 0.490 e. The third-order valence-electron chi connectivity index (χ3n) is 11.1. The Balaban J connectivity index is 0.000000644. The molecule has 1 atom stereocenters. The molecule has 4 fully saturated rings. The maximum atomic E-state index is 13.4. The maximum Gasteiger partial charge on any atom is 0.490 e. The fourth-order valence-electron chi connectivity index (χ4n) is 8.08. The van der Waals surface area contributed by atoms with Gasteiger partial charge in [0, 0.05) is 69.8 Å². The average Bonchev–Trinajstić information content (AvgIpc) is 3.02. The minimum absolute atomic E-state index is 0.0641. The molecule has 1 saturated carbocycles. The molecule has 1 spiro atoms. The lowest BCUT2D eigenvalue weighted by atomic mass is 9.74. The van der Waals surface area contributed by atoms with Gasteiger partial charge < -0.3 is 19.6 Å². The van der Waals surface area contributed by atoms with Gasteiger partial charge in [-0.05, 0) is 70.4 Å². The van der Waals surface area contributed by atoms with Gasteiger partial charge in [0.15, 0.2) is 0 Å². The Morgan fingerprint density at radius 3 is 2.21 bits per heavy atom. The average molecular weight is 667 g/mol. The number of alkyl halides is 3. The van der Waals surface area contributed by atoms with Crippen LogP contribution in [0.25, 0.3) is 0 Å². The molecule has 5 rings (SSSR count). The SMILES string of the molecule is CCCCC1CN(CC2CCCCC2)C(=O)OC12CCN(C1(C)CCN(C(=O)c3c(C)ccnc3C)CC1)CC2.O=C(O)C(F)(F)F. The highest BCUT2D eigenvalue weighted by molar-refractivity contribution is 5.96. The molecule has 1 aliphatic carbocycles. The predicted molar refractivity (Wildman–Crippen MR) is 172 cm³/mol. The van der Waals surface area contributed by atoms with Crippen molar-refractivity contribution in [2.75, 3.05) is 39.3 Å². The zero-order chi connectivity index (χ0) is 34.4. The van der Waals surface area contributed by atoms with E-state index in [1.54, 1.807) is 6.20 Å². The van der Waals surface area contributed by atoms with Gasteiger partial charge in [0.1, 0.15) is 5.60 Å². The second kappa shape index (κ2) is 15.6. The van der Waals surface area contributed by atoms with Crippen LogP contribution in [0.3, 0.4) is 0 Å². The van der Waals surface area contributed by atoms with E-state index < -0.39 is 12.1 Å². The van der Waals surface area contributed by atoms with Crippen LogP contribution in [0.1, 0.15) is 113 Å². The minimum Gasteiger partial charge on any atom is -0.475 e. The number of piperidine rings is 2. The van der Waals surface area contributed by atoms with Gasteiger partial charge in [-0.3, -0.25) is 14.7 Å². The van der Waals surface area contributed by atoms with E-state index in [9.17, 15) is 22.8 Å². The van der Waals surface area contributed by atoms with Crippen molar-refractivity contribution in [3.8, 4) is 0 Å². The first-order valence-electron chi connectivity index (χ1n) is 17.4. The predicted octanol–water partition coefficient (Wildman–Crippen LogP) is 7.00. The van der Waals surface area contributed by atoms with Crippen LogP contribution in [0.5, 0.6) is 0 Å². The first-order chi connectivity index (χ1) is 22.2. The van der Waals surface area contributed by atoms with Crippen LogP contribution in [-0.4, -0.2) is 99.3 Å².